The molecule has 0 spiro atoms. The Morgan fingerprint density at radius 3 is 2.24 bits per heavy atom. The van der Waals surface area contributed by atoms with E-state index < -0.39 is 0 Å². The topological polar surface area (TPSA) is 58.4 Å². The van der Waals surface area contributed by atoms with Crippen LogP contribution in [-0.2, 0) is 11.3 Å². The number of carbonyl (C=O) groups excluding carboxylic acids is 1. The molecule has 0 aliphatic heterocycles. The highest BCUT2D eigenvalue weighted by Gasteiger charge is 2.10. The molecule has 2 aromatic rings. The molecule has 4 nitrogen and oxygen atoms in total. The molecule has 2 rings (SSSR count). The number of rotatable bonds is 7. The van der Waals surface area contributed by atoms with Crippen molar-refractivity contribution in [1.29, 1.82) is 0 Å². The molecule has 1 amide bonds. The normalized spacial score (nSPS) is 10.6. The zero-order chi connectivity index (χ0) is 14.9. The van der Waals surface area contributed by atoms with Crippen molar-refractivity contribution in [1.82, 2.24) is 4.90 Å². The molecule has 0 unspecified atom stereocenters. The van der Waals surface area contributed by atoms with Crippen LogP contribution in [0, 0.1) is 0 Å². The van der Waals surface area contributed by atoms with Crippen LogP contribution in [0.2, 0.25) is 0 Å². The van der Waals surface area contributed by atoms with E-state index in [2.05, 4.69) is 17.4 Å². The predicted octanol–water partition coefficient (Wildman–Crippen LogP) is 2.09. The fourth-order valence-electron chi connectivity index (χ4n) is 2.16. The smallest absolute Gasteiger partial charge is 0.238 e. The van der Waals surface area contributed by atoms with Crippen molar-refractivity contribution in [2.24, 2.45) is 5.73 Å². The molecule has 0 aliphatic rings. The van der Waals surface area contributed by atoms with E-state index >= 15 is 0 Å². The molecule has 0 fully saturated rings. The number of para-hydroxylation sites is 1. The van der Waals surface area contributed by atoms with Crippen LogP contribution in [0.25, 0.3) is 0 Å². The monoisotopic (exact) mass is 283 g/mol. The largest absolute Gasteiger partial charge is 0.329 e. The second kappa shape index (κ2) is 8.19. The van der Waals surface area contributed by atoms with Gasteiger partial charge in [0.25, 0.3) is 0 Å². The fourth-order valence-corrected chi connectivity index (χ4v) is 2.16. The maximum atomic E-state index is 12.1. The summed E-state index contributed by atoms with van der Waals surface area (Å²) in [5.74, 6) is -0.0226. The standard InChI is InChI=1S/C17H21N3O/c18-11-12-20(13-15-7-3-1-4-8-15)14-17(21)19-16-9-5-2-6-10-16/h1-10H,11-14,18H2,(H,19,21). The molecular formula is C17H21N3O. The molecule has 0 radical (unpaired) electrons. The van der Waals surface area contributed by atoms with E-state index in [4.69, 9.17) is 5.73 Å². The summed E-state index contributed by atoms with van der Waals surface area (Å²) >= 11 is 0. The van der Waals surface area contributed by atoms with Gasteiger partial charge in [-0.25, -0.2) is 0 Å². The summed E-state index contributed by atoms with van der Waals surface area (Å²) in [5, 5.41) is 2.90. The Morgan fingerprint density at radius 2 is 1.62 bits per heavy atom. The second-order valence-electron chi connectivity index (χ2n) is 4.90. The molecular weight excluding hydrogens is 262 g/mol. The lowest BCUT2D eigenvalue weighted by atomic mass is 10.2. The van der Waals surface area contributed by atoms with E-state index in [0.29, 0.717) is 19.6 Å². The minimum Gasteiger partial charge on any atom is -0.329 e. The van der Waals surface area contributed by atoms with Crippen molar-refractivity contribution in [3.63, 3.8) is 0 Å². The van der Waals surface area contributed by atoms with Crippen LogP contribution in [0.15, 0.2) is 60.7 Å². The molecule has 0 saturated heterocycles. The van der Waals surface area contributed by atoms with Gasteiger partial charge in [-0.3, -0.25) is 9.69 Å². The molecule has 0 heterocycles. The quantitative estimate of drug-likeness (QED) is 0.818. The first-order valence-electron chi connectivity index (χ1n) is 7.09. The lowest BCUT2D eigenvalue weighted by molar-refractivity contribution is -0.117. The molecule has 21 heavy (non-hydrogen) atoms. The van der Waals surface area contributed by atoms with Crippen molar-refractivity contribution < 1.29 is 4.79 Å². The van der Waals surface area contributed by atoms with Gasteiger partial charge in [-0.1, -0.05) is 48.5 Å². The first kappa shape index (κ1) is 15.2. The molecule has 0 saturated carbocycles. The van der Waals surface area contributed by atoms with Crippen LogP contribution in [0.4, 0.5) is 5.69 Å². The van der Waals surface area contributed by atoms with Gasteiger partial charge in [-0.2, -0.15) is 0 Å². The third-order valence-corrected chi connectivity index (χ3v) is 3.12. The fraction of sp³-hybridized carbons (Fsp3) is 0.235. The average Bonchev–Trinajstić information content (AvgIpc) is 2.49. The van der Waals surface area contributed by atoms with Crippen LogP contribution in [-0.4, -0.2) is 30.4 Å². The first-order chi connectivity index (χ1) is 10.3. The van der Waals surface area contributed by atoms with Gasteiger partial charge in [0, 0.05) is 25.3 Å². The average molecular weight is 283 g/mol. The summed E-state index contributed by atoms with van der Waals surface area (Å²) < 4.78 is 0. The number of nitrogens with one attached hydrogen (secondary N) is 1. The van der Waals surface area contributed by atoms with Crippen LogP contribution in [0.3, 0.4) is 0 Å². The molecule has 110 valence electrons. The highest BCUT2D eigenvalue weighted by atomic mass is 16.2. The highest BCUT2D eigenvalue weighted by molar-refractivity contribution is 5.92. The second-order valence-corrected chi connectivity index (χ2v) is 4.90. The molecule has 0 aromatic heterocycles. The zero-order valence-corrected chi connectivity index (χ0v) is 12.0. The van der Waals surface area contributed by atoms with Crippen molar-refractivity contribution in [3.05, 3.63) is 66.2 Å². The van der Waals surface area contributed by atoms with E-state index in [1.807, 2.05) is 53.4 Å². The van der Waals surface area contributed by atoms with Crippen molar-refractivity contribution in [3.8, 4) is 0 Å². The predicted molar refractivity (Wildman–Crippen MR) is 85.8 cm³/mol. The van der Waals surface area contributed by atoms with Gasteiger partial charge in [0.05, 0.1) is 6.54 Å². The van der Waals surface area contributed by atoms with E-state index in [9.17, 15) is 4.79 Å². The lowest BCUT2D eigenvalue weighted by Crippen LogP contribution is -2.36. The number of amides is 1. The molecule has 4 heteroatoms. The summed E-state index contributed by atoms with van der Waals surface area (Å²) in [6, 6.07) is 19.6. The number of nitrogens with two attached hydrogens (primary N) is 1. The highest BCUT2D eigenvalue weighted by Crippen LogP contribution is 2.07. The number of hydrogen-bond donors (Lipinski definition) is 2. The molecule has 0 aliphatic carbocycles. The third-order valence-electron chi connectivity index (χ3n) is 3.12. The summed E-state index contributed by atoms with van der Waals surface area (Å²) in [6.07, 6.45) is 0. The molecule has 0 atom stereocenters. The minimum absolute atomic E-state index is 0.0226. The number of anilines is 1. The maximum Gasteiger partial charge on any atom is 0.238 e. The van der Waals surface area contributed by atoms with E-state index in [-0.39, 0.29) is 5.91 Å². The number of hydrogen-bond acceptors (Lipinski definition) is 3. The van der Waals surface area contributed by atoms with Crippen LogP contribution in [0.1, 0.15) is 5.56 Å². The number of benzene rings is 2. The zero-order valence-electron chi connectivity index (χ0n) is 12.0. The Kier molecular flexibility index (Phi) is 5.94. The summed E-state index contributed by atoms with van der Waals surface area (Å²) in [5.41, 5.74) is 7.63. The summed E-state index contributed by atoms with van der Waals surface area (Å²) in [6.45, 7) is 2.28. The maximum absolute atomic E-state index is 12.1. The Hall–Kier alpha value is -2.17. The molecule has 3 N–H and O–H groups in total. The van der Waals surface area contributed by atoms with E-state index in [1.54, 1.807) is 0 Å². The minimum atomic E-state index is -0.0226. The van der Waals surface area contributed by atoms with Crippen LogP contribution in [0.5, 0.6) is 0 Å². The van der Waals surface area contributed by atoms with Gasteiger partial charge >= 0.3 is 0 Å². The third kappa shape index (κ3) is 5.38. The Bertz CT molecular complexity index is 542. The lowest BCUT2D eigenvalue weighted by Gasteiger charge is -2.21. The Morgan fingerprint density at radius 1 is 1.00 bits per heavy atom. The van der Waals surface area contributed by atoms with Gasteiger partial charge in [0.2, 0.25) is 5.91 Å². The van der Waals surface area contributed by atoms with Crippen molar-refractivity contribution >= 4 is 11.6 Å². The van der Waals surface area contributed by atoms with Crippen LogP contribution < -0.4 is 11.1 Å². The van der Waals surface area contributed by atoms with Gasteiger partial charge in [0.15, 0.2) is 0 Å². The summed E-state index contributed by atoms with van der Waals surface area (Å²) in [7, 11) is 0. The Balaban J connectivity index is 1.91. The molecule has 0 bridgehead atoms. The van der Waals surface area contributed by atoms with Crippen molar-refractivity contribution in [2.75, 3.05) is 25.0 Å². The SMILES string of the molecule is NCCN(CC(=O)Nc1ccccc1)Cc1ccccc1. The number of nitrogens with zero attached hydrogens (tertiary/aromatic N) is 1. The van der Waals surface area contributed by atoms with Gasteiger partial charge in [-0.15, -0.1) is 0 Å². The summed E-state index contributed by atoms with van der Waals surface area (Å²) in [4.78, 5) is 14.1. The number of carbonyl (C=O) groups is 1. The van der Waals surface area contributed by atoms with E-state index in [1.165, 1.54) is 5.56 Å². The van der Waals surface area contributed by atoms with Crippen molar-refractivity contribution in [2.45, 2.75) is 6.54 Å². The Labute approximate surface area is 125 Å². The van der Waals surface area contributed by atoms with Gasteiger partial charge in [0.1, 0.15) is 0 Å². The van der Waals surface area contributed by atoms with E-state index in [0.717, 1.165) is 12.2 Å². The first-order valence-corrected chi connectivity index (χ1v) is 7.09. The van der Waals surface area contributed by atoms with Gasteiger partial charge < -0.3 is 11.1 Å². The van der Waals surface area contributed by atoms with Gasteiger partial charge in [-0.05, 0) is 17.7 Å². The molecule has 2 aromatic carbocycles. The van der Waals surface area contributed by atoms with Crippen LogP contribution >= 0.6 is 0 Å².